The molecule has 1 saturated carbocycles. The third-order valence-electron chi connectivity index (χ3n) is 3.33. The van der Waals surface area contributed by atoms with Crippen molar-refractivity contribution >= 4 is 27.5 Å². The minimum absolute atomic E-state index is 0.0651. The second-order valence-corrected chi connectivity index (χ2v) is 6.11. The smallest absolute Gasteiger partial charge is 0.293 e. The number of carbonyl (C=O) groups is 2. The number of halogens is 4. The van der Waals surface area contributed by atoms with Gasteiger partial charge in [0.25, 0.3) is 12.8 Å². The zero-order valence-electron chi connectivity index (χ0n) is 11.5. The lowest BCUT2D eigenvalue weighted by Crippen LogP contribution is -2.19. The van der Waals surface area contributed by atoms with Crippen molar-refractivity contribution in [3.8, 4) is 0 Å². The Labute approximate surface area is 134 Å². The maximum Gasteiger partial charge on any atom is 0.293 e. The molecule has 1 aliphatic carbocycles. The molecule has 0 aromatic heterocycles. The summed E-state index contributed by atoms with van der Waals surface area (Å²) < 4.78 is 42.1. The van der Waals surface area contributed by atoms with Crippen molar-refractivity contribution in [3.05, 3.63) is 33.8 Å². The number of ketones is 2. The normalized spacial score (nSPS) is 15.9. The summed E-state index contributed by atoms with van der Waals surface area (Å²) in [6.45, 7) is -0.511. The SMILES string of the molecule is O=C(CC1CC1)C(=O)c1ccc(Br)cc1COC(F)C(F)F. The average Bonchev–Trinajstić information content (AvgIpc) is 3.27. The number of Topliss-reactive ketones (excluding diaryl/α,β-unsaturated/α-hetero) is 2. The first-order valence-corrected chi connectivity index (χ1v) is 7.57. The van der Waals surface area contributed by atoms with E-state index in [1.165, 1.54) is 12.1 Å². The quantitative estimate of drug-likeness (QED) is 0.505. The first kappa shape index (κ1) is 17.1. The zero-order valence-corrected chi connectivity index (χ0v) is 13.1. The standard InChI is InChI=1S/C15H14BrF3O3/c16-10-3-4-11(13(21)12(20)5-8-1-2-8)9(6-10)7-22-15(19)14(17)18/h3-4,6,8,14-15H,1-2,5,7H2. The highest BCUT2D eigenvalue weighted by Gasteiger charge is 2.29. The van der Waals surface area contributed by atoms with Crippen molar-refractivity contribution in [1.29, 1.82) is 0 Å². The third-order valence-corrected chi connectivity index (χ3v) is 3.83. The topological polar surface area (TPSA) is 43.4 Å². The largest absolute Gasteiger partial charge is 0.339 e. The molecular weight excluding hydrogens is 365 g/mol. The van der Waals surface area contributed by atoms with E-state index in [-0.39, 0.29) is 23.5 Å². The zero-order chi connectivity index (χ0) is 16.3. The van der Waals surface area contributed by atoms with Gasteiger partial charge in [-0.1, -0.05) is 15.9 Å². The van der Waals surface area contributed by atoms with Crippen LogP contribution in [0.5, 0.6) is 0 Å². The molecule has 1 unspecified atom stereocenters. The van der Waals surface area contributed by atoms with Gasteiger partial charge in [0.1, 0.15) is 0 Å². The lowest BCUT2D eigenvalue weighted by atomic mass is 9.99. The summed E-state index contributed by atoms with van der Waals surface area (Å²) in [5.41, 5.74) is 0.266. The molecular formula is C15H14BrF3O3. The molecule has 1 aromatic carbocycles. The summed E-state index contributed by atoms with van der Waals surface area (Å²) in [7, 11) is 0. The molecule has 0 amide bonds. The molecule has 7 heteroatoms. The van der Waals surface area contributed by atoms with Crippen LogP contribution in [0.1, 0.15) is 35.2 Å². The van der Waals surface area contributed by atoms with E-state index >= 15 is 0 Å². The lowest BCUT2D eigenvalue weighted by Gasteiger charge is -2.12. The Bertz CT molecular complexity index is 573. The summed E-state index contributed by atoms with van der Waals surface area (Å²) in [5, 5.41) is 0. The van der Waals surface area contributed by atoms with Crippen molar-refractivity contribution in [2.45, 2.75) is 38.7 Å². The van der Waals surface area contributed by atoms with E-state index in [1.54, 1.807) is 6.07 Å². The molecule has 0 N–H and O–H groups in total. The molecule has 0 bridgehead atoms. The van der Waals surface area contributed by atoms with Crippen LogP contribution in [0.2, 0.25) is 0 Å². The van der Waals surface area contributed by atoms with Crippen molar-refractivity contribution in [1.82, 2.24) is 0 Å². The van der Waals surface area contributed by atoms with Gasteiger partial charge in [-0.05, 0) is 42.5 Å². The number of hydrogen-bond acceptors (Lipinski definition) is 3. The molecule has 1 aliphatic rings. The van der Waals surface area contributed by atoms with Gasteiger partial charge in [0.15, 0.2) is 0 Å². The Kier molecular flexibility index (Phi) is 5.74. The average molecular weight is 379 g/mol. The highest BCUT2D eigenvalue weighted by molar-refractivity contribution is 9.10. The van der Waals surface area contributed by atoms with Crippen LogP contribution in [-0.2, 0) is 16.1 Å². The van der Waals surface area contributed by atoms with E-state index in [4.69, 9.17) is 0 Å². The summed E-state index contributed by atoms with van der Waals surface area (Å²) in [6.07, 6.45) is -3.93. The molecule has 3 nitrogen and oxygen atoms in total. The van der Waals surface area contributed by atoms with Crippen molar-refractivity contribution < 1.29 is 27.5 Å². The highest BCUT2D eigenvalue weighted by Crippen LogP contribution is 2.33. The van der Waals surface area contributed by atoms with Crippen molar-refractivity contribution in [3.63, 3.8) is 0 Å². The van der Waals surface area contributed by atoms with Crippen LogP contribution >= 0.6 is 15.9 Å². The number of alkyl halides is 3. The molecule has 120 valence electrons. The molecule has 0 aliphatic heterocycles. The summed E-state index contributed by atoms with van der Waals surface area (Å²) >= 11 is 3.18. The van der Waals surface area contributed by atoms with Crippen LogP contribution in [0.4, 0.5) is 13.2 Å². The minimum atomic E-state index is -3.26. The summed E-state index contributed by atoms with van der Waals surface area (Å²) in [6, 6.07) is 4.42. The second-order valence-electron chi connectivity index (χ2n) is 5.20. The van der Waals surface area contributed by atoms with Crippen LogP contribution in [0.15, 0.2) is 22.7 Å². The molecule has 0 saturated heterocycles. The Balaban J connectivity index is 2.12. The first-order valence-electron chi connectivity index (χ1n) is 6.78. The molecule has 0 spiro atoms. The fourth-order valence-corrected chi connectivity index (χ4v) is 2.38. The Morgan fingerprint density at radius 1 is 1.27 bits per heavy atom. The van der Waals surface area contributed by atoms with Gasteiger partial charge in [-0.25, -0.2) is 13.2 Å². The van der Waals surface area contributed by atoms with E-state index in [9.17, 15) is 22.8 Å². The van der Waals surface area contributed by atoms with E-state index in [1.807, 2.05) is 0 Å². The van der Waals surface area contributed by atoms with E-state index in [0.29, 0.717) is 4.47 Å². The van der Waals surface area contributed by atoms with Crippen molar-refractivity contribution in [2.75, 3.05) is 0 Å². The number of ether oxygens (including phenoxy) is 1. The van der Waals surface area contributed by atoms with Crippen LogP contribution in [0, 0.1) is 5.92 Å². The molecule has 1 aromatic rings. The van der Waals surface area contributed by atoms with Gasteiger partial charge in [-0.15, -0.1) is 0 Å². The first-order chi connectivity index (χ1) is 10.4. The van der Waals surface area contributed by atoms with Gasteiger partial charge in [0, 0.05) is 16.5 Å². The molecule has 22 heavy (non-hydrogen) atoms. The second kappa shape index (κ2) is 7.37. The lowest BCUT2D eigenvalue weighted by molar-refractivity contribution is -0.135. The maximum atomic E-state index is 12.8. The van der Waals surface area contributed by atoms with Crippen LogP contribution < -0.4 is 0 Å². The van der Waals surface area contributed by atoms with Crippen LogP contribution in [0.25, 0.3) is 0 Å². The van der Waals surface area contributed by atoms with Crippen LogP contribution in [-0.4, -0.2) is 24.3 Å². The van der Waals surface area contributed by atoms with Gasteiger partial charge in [0.05, 0.1) is 6.61 Å². The Morgan fingerprint density at radius 3 is 2.55 bits per heavy atom. The van der Waals surface area contributed by atoms with Gasteiger partial charge in [-0.3, -0.25) is 9.59 Å². The van der Waals surface area contributed by atoms with E-state index in [0.717, 1.165) is 12.8 Å². The highest BCUT2D eigenvalue weighted by atomic mass is 79.9. The van der Waals surface area contributed by atoms with Gasteiger partial charge < -0.3 is 4.74 Å². The molecule has 2 rings (SSSR count). The minimum Gasteiger partial charge on any atom is -0.339 e. The third kappa shape index (κ3) is 4.64. The van der Waals surface area contributed by atoms with Crippen LogP contribution in [0.3, 0.4) is 0 Å². The van der Waals surface area contributed by atoms with Crippen molar-refractivity contribution in [2.24, 2.45) is 5.92 Å². The van der Waals surface area contributed by atoms with Gasteiger partial charge >= 0.3 is 0 Å². The predicted molar refractivity (Wildman–Crippen MR) is 76.5 cm³/mol. The molecule has 1 atom stereocenters. The van der Waals surface area contributed by atoms with E-state index in [2.05, 4.69) is 20.7 Å². The fraction of sp³-hybridized carbons (Fsp3) is 0.467. The Morgan fingerprint density at radius 2 is 1.95 bits per heavy atom. The number of benzene rings is 1. The van der Waals surface area contributed by atoms with Gasteiger partial charge in [-0.2, -0.15) is 0 Å². The number of rotatable bonds is 8. The Hall–Kier alpha value is -1.21. The van der Waals surface area contributed by atoms with Gasteiger partial charge in [0.2, 0.25) is 11.6 Å². The summed E-state index contributed by atoms with van der Waals surface area (Å²) in [5.74, 6) is -0.942. The predicted octanol–water partition coefficient (Wildman–Crippen LogP) is 4.08. The monoisotopic (exact) mass is 378 g/mol. The maximum absolute atomic E-state index is 12.8. The molecule has 0 radical (unpaired) electrons. The molecule has 1 fully saturated rings. The number of hydrogen-bond donors (Lipinski definition) is 0. The van der Waals surface area contributed by atoms with E-state index < -0.39 is 31.0 Å². The summed E-state index contributed by atoms with van der Waals surface area (Å²) in [4.78, 5) is 24.0. The molecule has 0 heterocycles. The fourth-order valence-electron chi connectivity index (χ4n) is 1.97. The number of carbonyl (C=O) groups excluding carboxylic acids is 2.